The van der Waals surface area contributed by atoms with Gasteiger partial charge < -0.3 is 21.3 Å². The van der Waals surface area contributed by atoms with E-state index < -0.39 is 0 Å². The average Bonchev–Trinajstić information content (AvgIpc) is 3.32. The molecule has 0 radical (unpaired) electrons. The molecule has 1 aliphatic carbocycles. The summed E-state index contributed by atoms with van der Waals surface area (Å²) >= 11 is 0. The van der Waals surface area contributed by atoms with Crippen LogP contribution in [0.5, 0.6) is 0 Å². The van der Waals surface area contributed by atoms with Crippen molar-refractivity contribution in [1.82, 2.24) is 42.9 Å². The molecule has 11 heteroatoms. The Morgan fingerprint density at radius 3 is 2.85 bits per heavy atom. The Labute approximate surface area is 196 Å². The van der Waals surface area contributed by atoms with Gasteiger partial charge in [0, 0.05) is 44.4 Å². The summed E-state index contributed by atoms with van der Waals surface area (Å²) in [6.07, 6.45) is 8.67. The van der Waals surface area contributed by atoms with Crippen molar-refractivity contribution in [2.24, 2.45) is 11.8 Å². The second kappa shape index (κ2) is 12.9. The van der Waals surface area contributed by atoms with Crippen LogP contribution in [0, 0.1) is 11.8 Å². The molecule has 4 aliphatic rings. The van der Waals surface area contributed by atoms with E-state index >= 15 is 0 Å². The minimum Gasteiger partial charge on any atom is -0.356 e. The van der Waals surface area contributed by atoms with Gasteiger partial charge >= 0.3 is 0 Å². The first-order valence-corrected chi connectivity index (χ1v) is 12.9. The van der Waals surface area contributed by atoms with Crippen LogP contribution in [0.4, 0.5) is 0 Å². The molecule has 188 valence electrons. The fourth-order valence-corrected chi connectivity index (χ4v) is 5.38. The van der Waals surface area contributed by atoms with Crippen molar-refractivity contribution >= 4 is 11.8 Å². The number of rotatable bonds is 11. The second-order valence-corrected chi connectivity index (χ2v) is 9.70. The Morgan fingerprint density at radius 2 is 1.97 bits per heavy atom. The number of amides is 2. The van der Waals surface area contributed by atoms with E-state index in [1.807, 2.05) is 0 Å². The number of carbonyl (C=O) groups is 2. The van der Waals surface area contributed by atoms with Crippen molar-refractivity contribution in [2.45, 2.75) is 82.4 Å². The summed E-state index contributed by atoms with van der Waals surface area (Å²) in [5, 5.41) is 16.9. The molecule has 33 heavy (non-hydrogen) atoms. The summed E-state index contributed by atoms with van der Waals surface area (Å²) in [7, 11) is 0. The molecule has 1 saturated carbocycles. The molecule has 2 amide bonds. The van der Waals surface area contributed by atoms with Gasteiger partial charge in [-0.25, -0.2) is 5.43 Å². The number of nitrogens with one attached hydrogen (secondary N) is 8. The maximum Gasteiger partial charge on any atom is 0.237 e. The van der Waals surface area contributed by atoms with E-state index in [1.54, 1.807) is 0 Å². The molecule has 3 heterocycles. The molecular weight excluding hydrogens is 424 g/mol. The molecule has 8 N–H and O–H groups in total. The van der Waals surface area contributed by atoms with Crippen molar-refractivity contribution in [3.8, 4) is 0 Å². The highest BCUT2D eigenvalue weighted by atomic mass is 16.7. The summed E-state index contributed by atoms with van der Waals surface area (Å²) in [5.74, 6) is 0.770. The quantitative estimate of drug-likeness (QED) is 0.175. The smallest absolute Gasteiger partial charge is 0.237 e. The lowest BCUT2D eigenvalue weighted by atomic mass is 9.76. The normalized spacial score (nSPS) is 34.5. The van der Waals surface area contributed by atoms with Gasteiger partial charge in [0.15, 0.2) is 0 Å². The Balaban J connectivity index is 0.998. The topological polar surface area (TPSA) is 140 Å². The highest BCUT2D eigenvalue weighted by molar-refractivity contribution is 5.79. The van der Waals surface area contributed by atoms with E-state index in [2.05, 4.69) is 42.9 Å². The van der Waals surface area contributed by atoms with Crippen LogP contribution in [0.2, 0.25) is 0 Å². The number of fused-ring (bicyclic) bond motifs is 1. The number of carbonyl (C=O) groups excluding carboxylic acids is 2. The van der Waals surface area contributed by atoms with Crippen LogP contribution in [0.3, 0.4) is 0 Å². The predicted molar refractivity (Wildman–Crippen MR) is 124 cm³/mol. The molecule has 6 unspecified atom stereocenters. The van der Waals surface area contributed by atoms with Gasteiger partial charge in [-0.15, -0.1) is 0 Å². The first-order chi connectivity index (χ1) is 16.2. The fourth-order valence-electron chi connectivity index (χ4n) is 5.38. The number of hydrogen-bond donors (Lipinski definition) is 8. The second-order valence-electron chi connectivity index (χ2n) is 9.70. The van der Waals surface area contributed by atoms with E-state index in [-0.39, 0.29) is 36.3 Å². The number of unbranched alkanes of at least 4 members (excludes halogenated alkanes) is 1. The lowest BCUT2D eigenvalue weighted by Gasteiger charge is -2.41. The molecule has 3 aliphatic heterocycles. The fraction of sp³-hybridized carbons (Fsp3) is 0.909. The third kappa shape index (κ3) is 7.32. The standard InChI is InChI=1S/C22H42N8O3/c31-18(8-5-9-19-27-21(30-33-19)17-14-23-12-13-24-17)25-10-3-4-11-26-20-15-6-1-2-7-16(15)22(32)29-28-20/h15-17,19-21,23-24,26-28,30H,1-14H2,(H,25,31)(H,29,32). The molecule has 0 spiro atoms. The van der Waals surface area contributed by atoms with E-state index in [1.165, 1.54) is 6.42 Å². The third-order valence-corrected chi connectivity index (χ3v) is 7.27. The highest BCUT2D eigenvalue weighted by Crippen LogP contribution is 2.33. The van der Waals surface area contributed by atoms with Gasteiger partial charge in [0.2, 0.25) is 11.8 Å². The summed E-state index contributed by atoms with van der Waals surface area (Å²) < 4.78 is 0. The molecule has 4 rings (SSSR count). The molecule has 11 nitrogen and oxygen atoms in total. The number of piperazine rings is 1. The van der Waals surface area contributed by atoms with E-state index in [4.69, 9.17) is 4.84 Å². The SMILES string of the molecule is O=C(CCCC1NC(C2CNCCN2)NO1)NCCCCNC1NNC(=O)C2CCCCC12. The zero-order valence-corrected chi connectivity index (χ0v) is 19.6. The van der Waals surface area contributed by atoms with Crippen LogP contribution < -0.4 is 42.9 Å². The van der Waals surface area contributed by atoms with Crippen molar-refractivity contribution < 1.29 is 14.4 Å². The third-order valence-electron chi connectivity index (χ3n) is 7.27. The van der Waals surface area contributed by atoms with Crippen LogP contribution in [0.25, 0.3) is 0 Å². The largest absolute Gasteiger partial charge is 0.356 e. The van der Waals surface area contributed by atoms with Crippen LogP contribution in [0.1, 0.15) is 57.8 Å². The lowest BCUT2D eigenvalue weighted by molar-refractivity contribution is -0.134. The zero-order chi connectivity index (χ0) is 22.9. The van der Waals surface area contributed by atoms with E-state index in [0.717, 1.165) is 71.1 Å². The van der Waals surface area contributed by atoms with Crippen LogP contribution in [-0.4, -0.2) is 69.1 Å². The average molecular weight is 467 g/mol. The molecule has 0 aromatic heterocycles. The first kappa shape index (κ1) is 24.8. The lowest BCUT2D eigenvalue weighted by Crippen LogP contribution is -2.64. The molecule has 0 aromatic carbocycles. The van der Waals surface area contributed by atoms with Gasteiger partial charge in [-0.05, 0) is 45.1 Å². The Kier molecular flexibility index (Phi) is 9.71. The molecule has 0 bridgehead atoms. The molecule has 0 aromatic rings. The molecule has 6 atom stereocenters. The number of hydroxylamine groups is 1. The minimum atomic E-state index is -0.0560. The van der Waals surface area contributed by atoms with E-state index in [0.29, 0.717) is 24.9 Å². The first-order valence-electron chi connectivity index (χ1n) is 12.9. The Hall–Kier alpha value is -1.34. The zero-order valence-electron chi connectivity index (χ0n) is 19.6. The Morgan fingerprint density at radius 1 is 1.09 bits per heavy atom. The molecule has 4 fully saturated rings. The van der Waals surface area contributed by atoms with Crippen molar-refractivity contribution in [3.63, 3.8) is 0 Å². The molecular formula is C22H42N8O3. The predicted octanol–water partition coefficient (Wildman–Crippen LogP) is -1.25. The summed E-state index contributed by atoms with van der Waals surface area (Å²) in [6, 6.07) is 0.304. The highest BCUT2D eigenvalue weighted by Gasteiger charge is 2.39. The van der Waals surface area contributed by atoms with Gasteiger partial charge in [0.25, 0.3) is 0 Å². The van der Waals surface area contributed by atoms with Gasteiger partial charge in [-0.3, -0.25) is 25.2 Å². The van der Waals surface area contributed by atoms with Crippen LogP contribution >= 0.6 is 0 Å². The Bertz CT molecular complexity index is 633. The number of hydrogen-bond acceptors (Lipinski definition) is 9. The van der Waals surface area contributed by atoms with Crippen molar-refractivity contribution in [2.75, 3.05) is 32.7 Å². The van der Waals surface area contributed by atoms with Crippen molar-refractivity contribution in [3.05, 3.63) is 0 Å². The monoisotopic (exact) mass is 466 g/mol. The summed E-state index contributed by atoms with van der Waals surface area (Å²) in [5.41, 5.74) is 9.03. The van der Waals surface area contributed by atoms with Gasteiger partial charge in [-0.2, -0.15) is 5.48 Å². The minimum absolute atomic E-state index is 0.0560. The van der Waals surface area contributed by atoms with Crippen LogP contribution in [-0.2, 0) is 14.4 Å². The van der Waals surface area contributed by atoms with Crippen molar-refractivity contribution in [1.29, 1.82) is 0 Å². The van der Waals surface area contributed by atoms with E-state index in [9.17, 15) is 9.59 Å². The van der Waals surface area contributed by atoms with Gasteiger partial charge in [0.05, 0.1) is 12.2 Å². The number of hydrazine groups is 1. The maximum atomic E-state index is 12.1. The molecule has 3 saturated heterocycles. The maximum absolute atomic E-state index is 12.1. The summed E-state index contributed by atoms with van der Waals surface area (Å²) in [6.45, 7) is 4.44. The van der Waals surface area contributed by atoms with Gasteiger partial charge in [-0.1, -0.05) is 12.8 Å². The van der Waals surface area contributed by atoms with Gasteiger partial charge in [0.1, 0.15) is 12.4 Å². The van der Waals surface area contributed by atoms with Crippen LogP contribution in [0.15, 0.2) is 0 Å². The summed E-state index contributed by atoms with van der Waals surface area (Å²) in [4.78, 5) is 29.8.